The highest BCUT2D eigenvalue weighted by atomic mass is 16.5. The van der Waals surface area contributed by atoms with Crippen LogP contribution in [0.2, 0.25) is 0 Å². The number of carbonyl (C=O) groups excluding carboxylic acids is 2. The number of nitriles is 1. The maximum atomic E-state index is 12.2. The van der Waals surface area contributed by atoms with Gasteiger partial charge in [-0.2, -0.15) is 10.4 Å². The zero-order valence-corrected chi connectivity index (χ0v) is 16.9. The first kappa shape index (κ1) is 20.1. The number of aliphatic hydroxyl groups is 1. The van der Waals surface area contributed by atoms with Crippen molar-refractivity contribution in [3.05, 3.63) is 59.3 Å². The molecule has 1 amide bonds. The summed E-state index contributed by atoms with van der Waals surface area (Å²) in [7, 11) is 2.89. The van der Waals surface area contributed by atoms with Gasteiger partial charge >= 0.3 is 5.97 Å². The molecule has 0 aliphatic carbocycles. The summed E-state index contributed by atoms with van der Waals surface area (Å²) in [5, 5.41) is 24.6. The van der Waals surface area contributed by atoms with Crippen molar-refractivity contribution in [2.45, 2.75) is 12.0 Å². The molecule has 8 heteroatoms. The monoisotopic (exact) mass is 414 g/mol. The minimum absolute atomic E-state index is 0.0972. The van der Waals surface area contributed by atoms with Crippen molar-refractivity contribution >= 4 is 22.8 Å². The molecule has 1 saturated heterocycles. The number of aromatic nitrogens is 2. The second kappa shape index (κ2) is 7.60. The van der Waals surface area contributed by atoms with Crippen LogP contribution in [0.25, 0.3) is 16.6 Å². The quantitative estimate of drug-likeness (QED) is 0.504. The van der Waals surface area contributed by atoms with Crippen molar-refractivity contribution in [1.82, 2.24) is 14.7 Å². The van der Waals surface area contributed by atoms with Crippen LogP contribution in [0.3, 0.4) is 0 Å². The van der Waals surface area contributed by atoms with Crippen molar-refractivity contribution in [1.29, 1.82) is 5.26 Å². The minimum atomic E-state index is -1.69. The molecule has 1 unspecified atom stereocenters. The van der Waals surface area contributed by atoms with E-state index < -0.39 is 17.5 Å². The molecular weight excluding hydrogens is 396 g/mol. The third-order valence-electron chi connectivity index (χ3n) is 5.20. The standard InChI is InChI=1S/C23H18N4O4/c1-26-11-10-23(30,22(26)29)9-8-15-4-3-5-17(12-15)27-19-7-6-16(14-24)13-18(19)20(25-27)21(28)31-2/h3-7,12-13,30H,10-11H2,1-2H3. The lowest BCUT2D eigenvalue weighted by atomic mass is 10.0. The van der Waals surface area contributed by atoms with Crippen molar-refractivity contribution in [2.75, 3.05) is 20.7 Å². The van der Waals surface area contributed by atoms with Gasteiger partial charge in [0.2, 0.25) is 5.60 Å². The van der Waals surface area contributed by atoms with E-state index in [0.29, 0.717) is 34.3 Å². The SMILES string of the molecule is COC(=O)c1nn(-c2cccc(C#CC3(O)CCN(C)C3=O)c2)c2ccc(C#N)cc12. The average Bonchev–Trinajstić information content (AvgIpc) is 3.30. The summed E-state index contributed by atoms with van der Waals surface area (Å²) in [5.41, 5.74) is 0.630. The summed E-state index contributed by atoms with van der Waals surface area (Å²) in [4.78, 5) is 25.8. The van der Waals surface area contributed by atoms with Crippen molar-refractivity contribution in [3.63, 3.8) is 0 Å². The zero-order chi connectivity index (χ0) is 22.2. The lowest BCUT2D eigenvalue weighted by Crippen LogP contribution is -2.37. The first-order valence-corrected chi connectivity index (χ1v) is 9.49. The van der Waals surface area contributed by atoms with E-state index in [-0.39, 0.29) is 12.1 Å². The number of likely N-dealkylation sites (N-methyl/N-ethyl adjacent to an activating group) is 1. The molecule has 0 bridgehead atoms. The lowest BCUT2D eigenvalue weighted by molar-refractivity contribution is -0.137. The van der Waals surface area contributed by atoms with Gasteiger partial charge in [0.15, 0.2) is 5.69 Å². The fraction of sp³-hybridized carbons (Fsp3) is 0.217. The molecule has 8 nitrogen and oxygen atoms in total. The zero-order valence-electron chi connectivity index (χ0n) is 16.9. The van der Waals surface area contributed by atoms with Crippen LogP contribution in [0.1, 0.15) is 28.0 Å². The molecule has 1 aliphatic rings. The molecule has 1 fully saturated rings. The third kappa shape index (κ3) is 3.50. The van der Waals surface area contributed by atoms with Gasteiger partial charge in [0, 0.05) is 31.0 Å². The third-order valence-corrected chi connectivity index (χ3v) is 5.20. The number of nitrogens with zero attached hydrogens (tertiary/aromatic N) is 4. The summed E-state index contributed by atoms with van der Waals surface area (Å²) in [6.07, 6.45) is 0.253. The van der Waals surface area contributed by atoms with Gasteiger partial charge in [0.1, 0.15) is 0 Å². The van der Waals surface area contributed by atoms with E-state index in [2.05, 4.69) is 23.0 Å². The number of methoxy groups -OCH3 is 1. The topological polar surface area (TPSA) is 108 Å². The van der Waals surface area contributed by atoms with Crippen molar-refractivity contribution < 1.29 is 19.4 Å². The van der Waals surface area contributed by atoms with Crippen LogP contribution in [-0.4, -0.2) is 58.0 Å². The number of carbonyl (C=O) groups is 2. The van der Waals surface area contributed by atoms with Gasteiger partial charge in [-0.25, -0.2) is 9.48 Å². The highest BCUT2D eigenvalue weighted by molar-refractivity contribution is 6.03. The number of ether oxygens (including phenoxy) is 1. The molecule has 0 saturated carbocycles. The number of benzene rings is 2. The summed E-state index contributed by atoms with van der Waals surface area (Å²) < 4.78 is 6.40. The summed E-state index contributed by atoms with van der Waals surface area (Å²) >= 11 is 0. The molecule has 2 aromatic carbocycles. The molecule has 0 spiro atoms. The Morgan fingerprint density at radius 1 is 1.26 bits per heavy atom. The predicted octanol–water partition coefficient (Wildman–Crippen LogP) is 1.63. The smallest absolute Gasteiger partial charge is 0.359 e. The van der Waals surface area contributed by atoms with E-state index >= 15 is 0 Å². The largest absolute Gasteiger partial charge is 0.464 e. The van der Waals surface area contributed by atoms with Crippen LogP contribution in [0.15, 0.2) is 42.5 Å². The van der Waals surface area contributed by atoms with Crippen LogP contribution < -0.4 is 0 Å². The van der Waals surface area contributed by atoms with E-state index in [9.17, 15) is 20.0 Å². The summed E-state index contributed by atoms with van der Waals surface area (Å²) in [6, 6.07) is 14.0. The van der Waals surface area contributed by atoms with Gasteiger partial charge in [-0.05, 0) is 36.4 Å². The number of rotatable bonds is 2. The maximum Gasteiger partial charge on any atom is 0.359 e. The maximum absolute atomic E-state index is 12.2. The molecule has 1 atom stereocenters. The molecule has 1 N–H and O–H groups in total. The van der Waals surface area contributed by atoms with Crippen LogP contribution in [0.4, 0.5) is 0 Å². The average molecular weight is 414 g/mol. The Hall–Kier alpha value is -4.14. The number of likely N-dealkylation sites (tertiary alicyclic amines) is 1. The number of amides is 1. The molecule has 0 radical (unpaired) electrons. The van der Waals surface area contributed by atoms with Gasteiger partial charge in [-0.1, -0.05) is 17.9 Å². The van der Waals surface area contributed by atoms with Gasteiger partial charge in [-0.15, -0.1) is 0 Å². The van der Waals surface area contributed by atoms with E-state index in [0.717, 1.165) is 0 Å². The Morgan fingerprint density at radius 2 is 2.06 bits per heavy atom. The number of fused-ring (bicyclic) bond motifs is 1. The summed E-state index contributed by atoms with van der Waals surface area (Å²) in [6.45, 7) is 0.449. The Morgan fingerprint density at radius 3 is 2.74 bits per heavy atom. The van der Waals surface area contributed by atoms with E-state index in [1.165, 1.54) is 12.0 Å². The molecule has 3 aromatic rings. The first-order chi connectivity index (χ1) is 14.9. The van der Waals surface area contributed by atoms with Gasteiger partial charge in [0.25, 0.3) is 5.91 Å². The van der Waals surface area contributed by atoms with E-state index in [1.807, 2.05) is 0 Å². The molecule has 2 heterocycles. The van der Waals surface area contributed by atoms with Gasteiger partial charge < -0.3 is 14.7 Å². The van der Waals surface area contributed by atoms with E-state index in [1.54, 1.807) is 54.2 Å². The normalized spacial score (nSPS) is 17.9. The molecule has 1 aromatic heterocycles. The van der Waals surface area contributed by atoms with Crippen LogP contribution in [-0.2, 0) is 9.53 Å². The van der Waals surface area contributed by atoms with Crippen LogP contribution >= 0.6 is 0 Å². The Labute approximate surface area is 178 Å². The fourth-order valence-electron chi connectivity index (χ4n) is 3.49. The Balaban J connectivity index is 1.79. The molecule has 1 aliphatic heterocycles. The predicted molar refractivity (Wildman–Crippen MR) is 111 cm³/mol. The van der Waals surface area contributed by atoms with E-state index in [4.69, 9.17) is 4.74 Å². The van der Waals surface area contributed by atoms with Crippen LogP contribution in [0, 0.1) is 23.2 Å². The molecular formula is C23H18N4O4. The molecule has 154 valence electrons. The second-order valence-corrected chi connectivity index (χ2v) is 7.23. The van der Waals surface area contributed by atoms with Crippen molar-refractivity contribution in [2.24, 2.45) is 0 Å². The summed E-state index contributed by atoms with van der Waals surface area (Å²) in [5.74, 6) is 4.54. The first-order valence-electron chi connectivity index (χ1n) is 9.49. The highest BCUT2D eigenvalue weighted by Gasteiger charge is 2.42. The van der Waals surface area contributed by atoms with Crippen molar-refractivity contribution in [3.8, 4) is 23.6 Å². The minimum Gasteiger partial charge on any atom is -0.464 e. The highest BCUT2D eigenvalue weighted by Crippen LogP contribution is 2.25. The molecule has 4 rings (SSSR count). The Bertz CT molecular complexity index is 1320. The Kier molecular flexibility index (Phi) is 4.94. The van der Waals surface area contributed by atoms with Crippen LogP contribution in [0.5, 0.6) is 0 Å². The number of hydrogen-bond acceptors (Lipinski definition) is 6. The second-order valence-electron chi connectivity index (χ2n) is 7.23. The molecule has 31 heavy (non-hydrogen) atoms. The lowest BCUT2D eigenvalue weighted by Gasteiger charge is -2.13. The van der Waals surface area contributed by atoms with Gasteiger partial charge in [0.05, 0.1) is 29.9 Å². The number of hydrogen-bond donors (Lipinski definition) is 1. The fourth-order valence-corrected chi connectivity index (χ4v) is 3.49. The number of esters is 1. The van der Waals surface area contributed by atoms with Gasteiger partial charge in [-0.3, -0.25) is 4.79 Å².